The van der Waals surface area contributed by atoms with Gasteiger partial charge in [0, 0.05) is 32.6 Å². The van der Waals surface area contributed by atoms with Crippen LogP contribution in [0.2, 0.25) is 0 Å². The predicted octanol–water partition coefficient (Wildman–Crippen LogP) is 3.46. The first-order chi connectivity index (χ1) is 16.2. The molecule has 0 fully saturated rings. The van der Waals surface area contributed by atoms with E-state index in [1.165, 1.54) is 11.4 Å². The van der Waals surface area contributed by atoms with Gasteiger partial charge in [0.2, 0.25) is 21.8 Å². The molecule has 186 valence electrons. The van der Waals surface area contributed by atoms with Crippen molar-refractivity contribution in [1.29, 1.82) is 0 Å². The molecule has 2 aromatic rings. The Morgan fingerprint density at radius 2 is 1.53 bits per heavy atom. The lowest BCUT2D eigenvalue weighted by atomic mass is 10.1. The van der Waals surface area contributed by atoms with Crippen LogP contribution in [0.5, 0.6) is 0 Å². The quantitative estimate of drug-likeness (QED) is 0.469. The summed E-state index contributed by atoms with van der Waals surface area (Å²) < 4.78 is 26.7. The molecule has 2 aromatic carbocycles. The second-order valence-corrected chi connectivity index (χ2v) is 10.6. The number of amides is 2. The summed E-state index contributed by atoms with van der Waals surface area (Å²) in [6, 6.07) is 17.5. The van der Waals surface area contributed by atoms with E-state index < -0.39 is 16.1 Å². The fourth-order valence-corrected chi connectivity index (χ4v) is 4.76. The van der Waals surface area contributed by atoms with Crippen molar-refractivity contribution in [3.05, 3.63) is 66.2 Å². The zero-order valence-corrected chi connectivity index (χ0v) is 21.4. The average Bonchev–Trinajstić information content (AvgIpc) is 2.84. The van der Waals surface area contributed by atoms with Crippen molar-refractivity contribution in [3.8, 4) is 0 Å². The molecule has 0 aromatic heterocycles. The lowest BCUT2D eigenvalue weighted by Crippen LogP contribution is -2.50. The summed E-state index contributed by atoms with van der Waals surface area (Å²) in [5.41, 5.74) is 1.09. The Kier molecular flexibility index (Phi) is 10.7. The maximum absolute atomic E-state index is 13.1. The standard InChI is InChI=1S/C26H37N3O4S/c1-5-21(2)27-26(31)22(3)29(20-18-23-13-8-6-9-14-23)25(30)17-12-19-28(4)34(32,33)24-15-10-7-11-16-24/h6-11,13-16,21-22H,5,12,17-20H2,1-4H3,(H,27,31)/t21-,22-/m0/s1. The maximum Gasteiger partial charge on any atom is 0.242 e. The topological polar surface area (TPSA) is 86.8 Å². The Bertz CT molecular complexity index is 1010. The van der Waals surface area contributed by atoms with E-state index in [0.717, 1.165) is 12.0 Å². The van der Waals surface area contributed by atoms with Gasteiger partial charge in [0.15, 0.2) is 0 Å². The highest BCUT2D eigenvalue weighted by Gasteiger charge is 2.27. The van der Waals surface area contributed by atoms with Crippen molar-refractivity contribution in [2.45, 2.75) is 63.4 Å². The molecule has 7 nitrogen and oxygen atoms in total. The largest absolute Gasteiger partial charge is 0.352 e. The highest BCUT2D eigenvalue weighted by Crippen LogP contribution is 2.15. The fraction of sp³-hybridized carbons (Fsp3) is 0.462. The van der Waals surface area contributed by atoms with E-state index in [1.54, 1.807) is 42.2 Å². The van der Waals surface area contributed by atoms with Crippen LogP contribution in [0.15, 0.2) is 65.6 Å². The van der Waals surface area contributed by atoms with Gasteiger partial charge in [-0.3, -0.25) is 9.59 Å². The predicted molar refractivity (Wildman–Crippen MR) is 135 cm³/mol. The van der Waals surface area contributed by atoms with Gasteiger partial charge in [-0.1, -0.05) is 55.5 Å². The highest BCUT2D eigenvalue weighted by molar-refractivity contribution is 7.89. The van der Waals surface area contributed by atoms with Gasteiger partial charge in [0.25, 0.3) is 0 Å². The number of sulfonamides is 1. The Balaban J connectivity index is 2.02. The van der Waals surface area contributed by atoms with Crippen LogP contribution in [0, 0.1) is 0 Å². The smallest absolute Gasteiger partial charge is 0.242 e. The zero-order chi connectivity index (χ0) is 25.1. The van der Waals surface area contributed by atoms with E-state index in [2.05, 4.69) is 5.32 Å². The summed E-state index contributed by atoms with van der Waals surface area (Å²) in [6.45, 7) is 6.29. The third-order valence-electron chi connectivity index (χ3n) is 5.97. The summed E-state index contributed by atoms with van der Waals surface area (Å²) in [6.07, 6.45) is 1.96. The van der Waals surface area contributed by atoms with Crippen LogP contribution in [0.25, 0.3) is 0 Å². The highest BCUT2D eigenvalue weighted by atomic mass is 32.2. The number of hydrogen-bond donors (Lipinski definition) is 1. The number of rotatable bonds is 13. The van der Waals surface area contributed by atoms with E-state index in [0.29, 0.717) is 19.4 Å². The van der Waals surface area contributed by atoms with Gasteiger partial charge in [-0.05, 0) is 50.8 Å². The molecule has 0 bridgehead atoms. The molecule has 1 N–H and O–H groups in total. The van der Waals surface area contributed by atoms with Crippen molar-refractivity contribution >= 4 is 21.8 Å². The molecule has 8 heteroatoms. The number of nitrogens with one attached hydrogen (secondary N) is 1. The molecule has 0 radical (unpaired) electrons. The van der Waals surface area contributed by atoms with E-state index in [1.807, 2.05) is 44.2 Å². The molecule has 0 unspecified atom stereocenters. The first-order valence-corrected chi connectivity index (χ1v) is 13.3. The second-order valence-electron chi connectivity index (χ2n) is 8.56. The number of nitrogens with zero attached hydrogens (tertiary/aromatic N) is 2. The van der Waals surface area contributed by atoms with Gasteiger partial charge in [-0.2, -0.15) is 0 Å². The summed E-state index contributed by atoms with van der Waals surface area (Å²) in [5, 5.41) is 2.95. The number of carbonyl (C=O) groups is 2. The molecular formula is C26H37N3O4S. The second kappa shape index (κ2) is 13.2. The Morgan fingerprint density at radius 3 is 2.12 bits per heavy atom. The Labute approximate surface area is 204 Å². The monoisotopic (exact) mass is 487 g/mol. The SMILES string of the molecule is CC[C@H](C)NC(=O)[C@H](C)N(CCc1ccccc1)C(=O)CCCN(C)S(=O)(=O)c1ccccc1. The van der Waals surface area contributed by atoms with Crippen LogP contribution in [-0.2, 0) is 26.0 Å². The fourth-order valence-electron chi connectivity index (χ4n) is 3.52. The van der Waals surface area contributed by atoms with Gasteiger partial charge in [0.05, 0.1) is 4.90 Å². The van der Waals surface area contributed by atoms with Crippen LogP contribution in [0.1, 0.15) is 45.6 Å². The van der Waals surface area contributed by atoms with Crippen LogP contribution >= 0.6 is 0 Å². The van der Waals surface area contributed by atoms with Crippen molar-refractivity contribution in [2.75, 3.05) is 20.1 Å². The van der Waals surface area contributed by atoms with Gasteiger partial charge in [-0.15, -0.1) is 0 Å². The van der Waals surface area contributed by atoms with Gasteiger partial charge < -0.3 is 10.2 Å². The summed E-state index contributed by atoms with van der Waals surface area (Å²) in [7, 11) is -2.09. The lowest BCUT2D eigenvalue weighted by molar-refractivity contribution is -0.140. The van der Waals surface area contributed by atoms with Crippen LogP contribution in [0.4, 0.5) is 0 Å². The normalized spacial score (nSPS) is 13.3. The van der Waals surface area contributed by atoms with Crippen molar-refractivity contribution in [2.24, 2.45) is 0 Å². The molecule has 0 aliphatic heterocycles. The van der Waals surface area contributed by atoms with Crippen LogP contribution in [0.3, 0.4) is 0 Å². The maximum atomic E-state index is 13.1. The first kappa shape index (κ1) is 27.5. The molecule has 2 rings (SSSR count). The summed E-state index contributed by atoms with van der Waals surface area (Å²) >= 11 is 0. The number of hydrogen-bond acceptors (Lipinski definition) is 4. The van der Waals surface area contributed by atoms with Gasteiger partial charge >= 0.3 is 0 Å². The Morgan fingerprint density at radius 1 is 0.941 bits per heavy atom. The number of benzene rings is 2. The van der Waals surface area contributed by atoms with Crippen LogP contribution in [-0.4, -0.2) is 61.7 Å². The van der Waals surface area contributed by atoms with Crippen LogP contribution < -0.4 is 5.32 Å². The molecule has 0 heterocycles. The third kappa shape index (κ3) is 7.95. The molecule has 0 aliphatic rings. The molecule has 2 atom stereocenters. The van der Waals surface area contributed by atoms with E-state index >= 15 is 0 Å². The van der Waals surface area contributed by atoms with E-state index in [4.69, 9.17) is 0 Å². The minimum absolute atomic E-state index is 0.0258. The number of carbonyl (C=O) groups excluding carboxylic acids is 2. The van der Waals surface area contributed by atoms with Crippen molar-refractivity contribution in [1.82, 2.24) is 14.5 Å². The van der Waals surface area contributed by atoms with Crippen molar-refractivity contribution in [3.63, 3.8) is 0 Å². The zero-order valence-electron chi connectivity index (χ0n) is 20.6. The molecule has 0 saturated carbocycles. The van der Waals surface area contributed by atoms with E-state index in [-0.39, 0.29) is 35.7 Å². The minimum Gasteiger partial charge on any atom is -0.352 e. The molecule has 0 aliphatic carbocycles. The van der Waals surface area contributed by atoms with Gasteiger partial charge in [-0.25, -0.2) is 12.7 Å². The summed E-state index contributed by atoms with van der Waals surface area (Å²) in [4.78, 5) is 27.7. The van der Waals surface area contributed by atoms with Gasteiger partial charge in [0.1, 0.15) is 6.04 Å². The Hall–Kier alpha value is -2.71. The van der Waals surface area contributed by atoms with Crippen molar-refractivity contribution < 1.29 is 18.0 Å². The molecule has 0 saturated heterocycles. The molecule has 0 spiro atoms. The molecule has 2 amide bonds. The summed E-state index contributed by atoms with van der Waals surface area (Å²) in [5.74, 6) is -0.340. The molecule has 34 heavy (non-hydrogen) atoms. The first-order valence-electron chi connectivity index (χ1n) is 11.8. The lowest BCUT2D eigenvalue weighted by Gasteiger charge is -2.30. The molecular weight excluding hydrogens is 450 g/mol. The minimum atomic E-state index is -3.61. The average molecular weight is 488 g/mol. The third-order valence-corrected chi connectivity index (χ3v) is 7.84. The van der Waals surface area contributed by atoms with E-state index in [9.17, 15) is 18.0 Å².